The molecule has 0 aliphatic heterocycles. The van der Waals surface area contributed by atoms with Gasteiger partial charge in [-0.2, -0.15) is 23.5 Å². The number of amides is 3. The minimum Gasteiger partial charge on any atom is -0.480 e. The highest BCUT2D eigenvalue weighted by Crippen LogP contribution is 2.19. The van der Waals surface area contributed by atoms with Gasteiger partial charge in [-0.25, -0.2) is 4.79 Å². The number of benzene rings is 1. The first-order valence-electron chi connectivity index (χ1n) is 13.3. The highest BCUT2D eigenvalue weighted by Gasteiger charge is 2.30. The van der Waals surface area contributed by atoms with Crippen LogP contribution in [0.3, 0.4) is 0 Å². The second-order valence-corrected chi connectivity index (χ2v) is 11.5. The zero-order valence-corrected chi connectivity index (χ0v) is 24.7. The molecule has 4 atom stereocenters. The average molecular weight is 595 g/mol. The summed E-state index contributed by atoms with van der Waals surface area (Å²) in [5, 5.41) is 18.6. The van der Waals surface area contributed by atoms with E-state index in [-0.39, 0.29) is 12.8 Å². The van der Waals surface area contributed by atoms with E-state index in [9.17, 15) is 24.3 Å². The third-order valence-corrected chi connectivity index (χ3v) is 7.79. The number of para-hydroxylation sites is 1. The van der Waals surface area contributed by atoms with Gasteiger partial charge in [0.2, 0.25) is 17.7 Å². The molecule has 9 N–H and O–H groups in total. The van der Waals surface area contributed by atoms with Crippen LogP contribution < -0.4 is 27.4 Å². The van der Waals surface area contributed by atoms with E-state index < -0.39 is 47.9 Å². The van der Waals surface area contributed by atoms with Crippen LogP contribution in [0.4, 0.5) is 0 Å². The fourth-order valence-electron chi connectivity index (χ4n) is 4.19. The van der Waals surface area contributed by atoms with Crippen LogP contribution in [0.2, 0.25) is 0 Å². The summed E-state index contributed by atoms with van der Waals surface area (Å²) in [5.41, 5.74) is 13.3. The van der Waals surface area contributed by atoms with E-state index in [0.717, 1.165) is 22.9 Å². The van der Waals surface area contributed by atoms with Crippen molar-refractivity contribution in [2.75, 3.05) is 30.6 Å². The van der Waals surface area contributed by atoms with E-state index in [1.165, 1.54) is 23.5 Å². The zero-order valence-electron chi connectivity index (χ0n) is 23.1. The van der Waals surface area contributed by atoms with Gasteiger partial charge in [-0.1, -0.05) is 24.6 Å². The van der Waals surface area contributed by atoms with Crippen molar-refractivity contribution < 1.29 is 24.3 Å². The van der Waals surface area contributed by atoms with Crippen LogP contribution in [-0.4, -0.2) is 88.5 Å². The third kappa shape index (κ3) is 10.7. The molecule has 0 aliphatic rings. The van der Waals surface area contributed by atoms with Crippen molar-refractivity contribution in [3.63, 3.8) is 0 Å². The van der Waals surface area contributed by atoms with Gasteiger partial charge in [-0.15, -0.1) is 0 Å². The molecule has 0 saturated carbocycles. The summed E-state index contributed by atoms with van der Waals surface area (Å²) >= 11 is 2.98. The number of hydrogen-bond acceptors (Lipinski definition) is 8. The number of carboxylic acids is 1. The van der Waals surface area contributed by atoms with E-state index in [4.69, 9.17) is 11.5 Å². The molecule has 13 heteroatoms. The van der Waals surface area contributed by atoms with Crippen LogP contribution in [0.5, 0.6) is 0 Å². The molecule has 0 aliphatic carbocycles. The van der Waals surface area contributed by atoms with Gasteiger partial charge in [0.25, 0.3) is 0 Å². The first-order chi connectivity index (χ1) is 19.2. The highest BCUT2D eigenvalue weighted by atomic mass is 32.2. The highest BCUT2D eigenvalue weighted by molar-refractivity contribution is 7.98. The van der Waals surface area contributed by atoms with Crippen molar-refractivity contribution in [3.05, 3.63) is 36.0 Å². The molecule has 2 aromatic rings. The van der Waals surface area contributed by atoms with E-state index >= 15 is 0 Å². The number of H-pyrrole nitrogens is 1. The summed E-state index contributed by atoms with van der Waals surface area (Å²) in [5.74, 6) is -1.61. The van der Waals surface area contributed by atoms with Gasteiger partial charge >= 0.3 is 5.97 Å². The molecule has 222 valence electrons. The molecule has 11 nitrogen and oxygen atoms in total. The van der Waals surface area contributed by atoms with Gasteiger partial charge in [-0.05, 0) is 67.9 Å². The SMILES string of the molecule is CSCCC(NC(=O)C(CCSC)NC(=O)C(Cc1c[nH]c2ccccc12)NC(=O)C(N)CCCCN)C(=O)O. The lowest BCUT2D eigenvalue weighted by Gasteiger charge is -2.25. The predicted molar refractivity (Wildman–Crippen MR) is 162 cm³/mol. The lowest BCUT2D eigenvalue weighted by molar-refractivity contribution is -0.142. The Hall–Kier alpha value is -2.74. The first-order valence-corrected chi connectivity index (χ1v) is 16.1. The van der Waals surface area contributed by atoms with E-state index in [2.05, 4.69) is 20.9 Å². The molecule has 0 bridgehead atoms. The summed E-state index contributed by atoms with van der Waals surface area (Å²) in [6, 6.07) is 3.76. The quantitative estimate of drug-likeness (QED) is 0.117. The van der Waals surface area contributed by atoms with Gasteiger partial charge in [0, 0.05) is 23.5 Å². The fraction of sp³-hybridized carbons (Fsp3) is 0.556. The van der Waals surface area contributed by atoms with Crippen molar-refractivity contribution >= 4 is 58.1 Å². The Labute approximate surface area is 243 Å². The number of thioether (sulfide) groups is 2. The van der Waals surface area contributed by atoms with Crippen molar-refractivity contribution in [1.82, 2.24) is 20.9 Å². The van der Waals surface area contributed by atoms with E-state index in [1.54, 1.807) is 6.20 Å². The zero-order chi connectivity index (χ0) is 29.5. The smallest absolute Gasteiger partial charge is 0.326 e. The summed E-state index contributed by atoms with van der Waals surface area (Å²) < 4.78 is 0. The van der Waals surface area contributed by atoms with Crippen LogP contribution in [0.25, 0.3) is 10.9 Å². The number of carboxylic acid groups (broad SMARTS) is 1. The number of carbonyl (C=O) groups excluding carboxylic acids is 3. The summed E-state index contributed by atoms with van der Waals surface area (Å²) in [6.07, 6.45) is 8.08. The second kappa shape index (κ2) is 17.8. The number of nitrogens with one attached hydrogen (secondary N) is 4. The summed E-state index contributed by atoms with van der Waals surface area (Å²) in [4.78, 5) is 54.5. The number of aromatic amines is 1. The molecule has 1 aromatic carbocycles. The number of unbranched alkanes of at least 4 members (excludes halogenated alkanes) is 1. The molecule has 40 heavy (non-hydrogen) atoms. The van der Waals surface area contributed by atoms with Crippen molar-refractivity contribution in [2.45, 2.75) is 62.7 Å². The number of nitrogens with two attached hydrogens (primary N) is 2. The Bertz CT molecular complexity index is 1110. The Balaban J connectivity index is 2.25. The maximum Gasteiger partial charge on any atom is 0.326 e. The molecule has 0 spiro atoms. The Morgan fingerprint density at radius 2 is 1.48 bits per heavy atom. The largest absolute Gasteiger partial charge is 0.480 e. The van der Waals surface area contributed by atoms with Crippen LogP contribution in [0, 0.1) is 0 Å². The number of aromatic nitrogens is 1. The van der Waals surface area contributed by atoms with Gasteiger partial charge in [0.05, 0.1) is 6.04 Å². The summed E-state index contributed by atoms with van der Waals surface area (Å²) in [7, 11) is 0. The fourth-order valence-corrected chi connectivity index (χ4v) is 5.13. The minimum atomic E-state index is -1.13. The van der Waals surface area contributed by atoms with Gasteiger partial charge < -0.3 is 37.5 Å². The van der Waals surface area contributed by atoms with Crippen LogP contribution in [0.15, 0.2) is 30.5 Å². The minimum absolute atomic E-state index is 0.166. The normalized spacial score (nSPS) is 14.2. The Morgan fingerprint density at radius 3 is 2.12 bits per heavy atom. The number of carbonyl (C=O) groups is 4. The molecule has 4 unspecified atom stereocenters. The first kappa shape index (κ1) is 33.5. The second-order valence-electron chi connectivity index (χ2n) is 9.54. The third-order valence-electron chi connectivity index (χ3n) is 6.51. The predicted octanol–water partition coefficient (Wildman–Crippen LogP) is 1.21. The molecular weight excluding hydrogens is 552 g/mol. The van der Waals surface area contributed by atoms with E-state index in [0.29, 0.717) is 37.3 Å². The van der Waals surface area contributed by atoms with Crippen LogP contribution in [-0.2, 0) is 25.6 Å². The summed E-state index contributed by atoms with van der Waals surface area (Å²) in [6.45, 7) is 0.499. The molecule has 2 rings (SSSR count). The molecule has 1 aromatic heterocycles. The number of aliphatic carboxylic acids is 1. The molecular formula is C27H42N6O5S2. The Morgan fingerprint density at radius 1 is 0.875 bits per heavy atom. The maximum absolute atomic E-state index is 13.6. The Kier molecular flexibility index (Phi) is 14.9. The average Bonchev–Trinajstić information content (AvgIpc) is 3.35. The number of fused-ring (bicyclic) bond motifs is 1. The lowest BCUT2D eigenvalue weighted by atomic mass is 10.0. The van der Waals surface area contributed by atoms with Crippen molar-refractivity contribution in [1.29, 1.82) is 0 Å². The molecule has 3 amide bonds. The van der Waals surface area contributed by atoms with Gasteiger partial charge in [0.1, 0.15) is 18.1 Å². The van der Waals surface area contributed by atoms with Crippen molar-refractivity contribution in [3.8, 4) is 0 Å². The number of hydrogen-bond donors (Lipinski definition) is 7. The van der Waals surface area contributed by atoms with Gasteiger partial charge in [0.15, 0.2) is 0 Å². The van der Waals surface area contributed by atoms with Crippen LogP contribution >= 0.6 is 23.5 Å². The molecule has 1 heterocycles. The molecule has 0 fully saturated rings. The standard InChI is InChI=1S/C27H42N6O5S2/c1-39-13-10-21(25(35)32-22(27(37)38)11-14-40-2)31-26(36)23(33-24(34)19(29)8-5-6-12-28)15-17-16-30-20-9-4-3-7-18(17)20/h3-4,7,9,16,19,21-23,30H,5-6,8,10-15,28-29H2,1-2H3,(H,31,36)(H,32,35)(H,33,34)(H,37,38). The van der Waals surface area contributed by atoms with Crippen LogP contribution in [0.1, 0.15) is 37.7 Å². The van der Waals surface area contributed by atoms with E-state index in [1.807, 2.05) is 36.8 Å². The topological polar surface area (TPSA) is 192 Å². The van der Waals surface area contributed by atoms with Crippen molar-refractivity contribution in [2.24, 2.45) is 11.5 Å². The lowest BCUT2D eigenvalue weighted by Crippen LogP contribution is -2.57. The monoisotopic (exact) mass is 594 g/mol. The molecule has 0 radical (unpaired) electrons. The molecule has 0 saturated heterocycles. The number of rotatable bonds is 19. The van der Waals surface area contributed by atoms with Gasteiger partial charge in [-0.3, -0.25) is 14.4 Å². The maximum atomic E-state index is 13.6.